The molecule has 0 saturated carbocycles. The van der Waals surface area contributed by atoms with Crippen LogP contribution in [0, 0.1) is 5.92 Å². The number of allylic oxidation sites excluding steroid dienone is 2. The zero-order valence-corrected chi connectivity index (χ0v) is 13.2. The van der Waals surface area contributed by atoms with Crippen LogP contribution in [0.1, 0.15) is 77.6 Å². The Bertz CT molecular complexity index is 310. The lowest BCUT2D eigenvalue weighted by atomic mass is 9.99. The van der Waals surface area contributed by atoms with Crippen molar-refractivity contribution >= 4 is 11.9 Å². The molecule has 0 aromatic rings. The summed E-state index contributed by atoms with van der Waals surface area (Å²) in [6, 6.07) is 0. The summed E-state index contributed by atoms with van der Waals surface area (Å²) in [6.45, 7) is 2.21. The molecule has 4 nitrogen and oxygen atoms in total. The Hall–Kier alpha value is -1.32. The number of carboxylic acid groups (broad SMARTS) is 2. The number of carbonyl (C=O) groups is 2. The van der Waals surface area contributed by atoms with E-state index in [0.29, 0.717) is 6.42 Å². The van der Waals surface area contributed by atoms with Gasteiger partial charge in [-0.15, -0.1) is 0 Å². The van der Waals surface area contributed by atoms with Crippen LogP contribution in [0.5, 0.6) is 0 Å². The normalized spacial score (nSPS) is 12.6. The second-order valence-electron chi connectivity index (χ2n) is 5.58. The largest absolute Gasteiger partial charge is 0.481 e. The fraction of sp³-hybridized carbons (Fsp3) is 0.765. The van der Waals surface area contributed by atoms with Crippen LogP contribution in [-0.2, 0) is 9.59 Å². The maximum Gasteiger partial charge on any atom is 0.306 e. The van der Waals surface area contributed by atoms with Crippen molar-refractivity contribution in [3.05, 3.63) is 12.2 Å². The molecule has 2 N–H and O–H groups in total. The first kappa shape index (κ1) is 19.7. The zero-order chi connectivity index (χ0) is 15.9. The minimum absolute atomic E-state index is 0.0808. The predicted molar refractivity (Wildman–Crippen MR) is 84.4 cm³/mol. The summed E-state index contributed by atoms with van der Waals surface area (Å²) in [5, 5.41) is 17.6. The highest BCUT2D eigenvalue weighted by Gasteiger charge is 2.16. The molecule has 1 atom stereocenters. The van der Waals surface area contributed by atoms with E-state index in [9.17, 15) is 9.59 Å². The molecular weight excluding hydrogens is 268 g/mol. The number of unbranched alkanes of at least 4 members (excludes halogenated alkanes) is 7. The van der Waals surface area contributed by atoms with Gasteiger partial charge in [-0.25, -0.2) is 0 Å². The highest BCUT2D eigenvalue weighted by Crippen LogP contribution is 2.14. The van der Waals surface area contributed by atoms with Gasteiger partial charge in [0.2, 0.25) is 0 Å². The van der Waals surface area contributed by atoms with Gasteiger partial charge in [-0.3, -0.25) is 9.59 Å². The van der Waals surface area contributed by atoms with Crippen LogP contribution < -0.4 is 0 Å². The van der Waals surface area contributed by atoms with Gasteiger partial charge in [-0.05, 0) is 25.7 Å². The average Bonchev–Trinajstić information content (AvgIpc) is 2.43. The van der Waals surface area contributed by atoms with Gasteiger partial charge >= 0.3 is 11.9 Å². The monoisotopic (exact) mass is 298 g/mol. The summed E-state index contributed by atoms with van der Waals surface area (Å²) in [5.41, 5.74) is 0. The summed E-state index contributed by atoms with van der Waals surface area (Å²) >= 11 is 0. The highest BCUT2D eigenvalue weighted by molar-refractivity contribution is 5.72. The van der Waals surface area contributed by atoms with Gasteiger partial charge < -0.3 is 10.2 Å². The van der Waals surface area contributed by atoms with Crippen LogP contribution in [0.25, 0.3) is 0 Å². The Morgan fingerprint density at radius 1 is 0.952 bits per heavy atom. The minimum atomic E-state index is -0.937. The fourth-order valence-corrected chi connectivity index (χ4v) is 2.24. The van der Waals surface area contributed by atoms with Gasteiger partial charge in [-0.2, -0.15) is 0 Å². The summed E-state index contributed by atoms with van der Waals surface area (Å²) in [5.74, 6) is -2.42. The quantitative estimate of drug-likeness (QED) is 0.362. The molecule has 0 aromatic heterocycles. The third kappa shape index (κ3) is 13.4. The van der Waals surface area contributed by atoms with E-state index in [1.165, 1.54) is 38.5 Å². The molecule has 0 bridgehead atoms. The molecule has 1 unspecified atom stereocenters. The van der Waals surface area contributed by atoms with Crippen LogP contribution in [0.3, 0.4) is 0 Å². The van der Waals surface area contributed by atoms with Gasteiger partial charge in [-0.1, -0.05) is 57.6 Å². The standard InChI is InChI=1S/C17H30O4/c1-2-3-4-5-6-7-8-9-10-11-12-15(17(20)21)13-14-16(18)19/h10-11,15H,2-9,12-14H2,1H3,(H,18,19)(H,20,21). The summed E-state index contributed by atoms with van der Waals surface area (Å²) in [6.07, 6.45) is 14.4. The van der Waals surface area contributed by atoms with Crippen LogP contribution in [-0.4, -0.2) is 22.2 Å². The molecule has 0 aliphatic carbocycles. The summed E-state index contributed by atoms with van der Waals surface area (Å²) < 4.78 is 0. The van der Waals surface area contributed by atoms with Crippen LogP contribution in [0.4, 0.5) is 0 Å². The van der Waals surface area contributed by atoms with Gasteiger partial charge in [0.15, 0.2) is 0 Å². The van der Waals surface area contributed by atoms with Crippen molar-refractivity contribution in [1.82, 2.24) is 0 Å². The molecule has 0 aliphatic rings. The third-order valence-electron chi connectivity index (χ3n) is 3.62. The summed E-state index contributed by atoms with van der Waals surface area (Å²) in [4.78, 5) is 21.4. The summed E-state index contributed by atoms with van der Waals surface area (Å²) in [7, 11) is 0. The molecule has 0 radical (unpaired) electrons. The molecule has 0 fully saturated rings. The Morgan fingerprint density at radius 2 is 1.57 bits per heavy atom. The third-order valence-corrected chi connectivity index (χ3v) is 3.62. The molecule has 122 valence electrons. The Morgan fingerprint density at radius 3 is 2.14 bits per heavy atom. The Kier molecular flexibility index (Phi) is 12.8. The van der Waals surface area contributed by atoms with Crippen molar-refractivity contribution in [3.63, 3.8) is 0 Å². The molecule has 0 aromatic carbocycles. The maximum atomic E-state index is 11.0. The van der Waals surface area contributed by atoms with E-state index in [1.807, 2.05) is 12.2 Å². The van der Waals surface area contributed by atoms with Gasteiger partial charge in [0.1, 0.15) is 0 Å². The van der Waals surface area contributed by atoms with Crippen LogP contribution >= 0.6 is 0 Å². The number of carboxylic acids is 2. The van der Waals surface area contributed by atoms with E-state index in [2.05, 4.69) is 6.92 Å². The molecule has 0 rings (SSSR count). The van der Waals surface area contributed by atoms with Gasteiger partial charge in [0, 0.05) is 6.42 Å². The van der Waals surface area contributed by atoms with Crippen molar-refractivity contribution in [1.29, 1.82) is 0 Å². The van der Waals surface area contributed by atoms with E-state index in [4.69, 9.17) is 10.2 Å². The molecule has 4 heteroatoms. The van der Waals surface area contributed by atoms with Crippen molar-refractivity contribution in [2.45, 2.75) is 77.6 Å². The second kappa shape index (κ2) is 13.7. The molecule has 0 spiro atoms. The molecule has 0 saturated heterocycles. The van der Waals surface area contributed by atoms with Crippen molar-refractivity contribution < 1.29 is 19.8 Å². The first-order valence-corrected chi connectivity index (χ1v) is 8.17. The van der Waals surface area contributed by atoms with Crippen LogP contribution in [0.15, 0.2) is 12.2 Å². The van der Waals surface area contributed by atoms with E-state index >= 15 is 0 Å². The zero-order valence-electron chi connectivity index (χ0n) is 13.2. The first-order chi connectivity index (χ1) is 10.1. The van der Waals surface area contributed by atoms with Crippen molar-refractivity contribution in [2.24, 2.45) is 5.92 Å². The Balaban J connectivity index is 3.62. The van der Waals surface area contributed by atoms with E-state index in [0.717, 1.165) is 12.8 Å². The average molecular weight is 298 g/mol. The maximum absolute atomic E-state index is 11.0. The predicted octanol–water partition coefficient (Wildman–Crippen LogP) is 4.64. The lowest BCUT2D eigenvalue weighted by Gasteiger charge is -2.07. The van der Waals surface area contributed by atoms with Gasteiger partial charge in [0.05, 0.1) is 5.92 Å². The SMILES string of the molecule is CCCCCCCCCC=CCC(CCC(=O)O)C(=O)O. The topological polar surface area (TPSA) is 74.6 Å². The molecule has 0 aliphatic heterocycles. The second-order valence-corrected chi connectivity index (χ2v) is 5.58. The number of aliphatic carboxylic acids is 2. The highest BCUT2D eigenvalue weighted by atomic mass is 16.4. The van der Waals surface area contributed by atoms with Crippen LogP contribution in [0.2, 0.25) is 0 Å². The minimum Gasteiger partial charge on any atom is -0.481 e. The van der Waals surface area contributed by atoms with E-state index in [1.54, 1.807) is 0 Å². The fourth-order valence-electron chi connectivity index (χ4n) is 2.24. The number of hydrogen-bond donors (Lipinski definition) is 2. The molecule has 21 heavy (non-hydrogen) atoms. The van der Waals surface area contributed by atoms with E-state index < -0.39 is 17.9 Å². The molecule has 0 amide bonds. The lowest BCUT2D eigenvalue weighted by molar-refractivity contribution is -0.142. The van der Waals surface area contributed by atoms with E-state index in [-0.39, 0.29) is 12.8 Å². The Labute approximate surface area is 128 Å². The first-order valence-electron chi connectivity index (χ1n) is 8.17. The van der Waals surface area contributed by atoms with Crippen molar-refractivity contribution in [3.8, 4) is 0 Å². The smallest absolute Gasteiger partial charge is 0.306 e. The van der Waals surface area contributed by atoms with Crippen molar-refractivity contribution in [2.75, 3.05) is 0 Å². The molecular formula is C17H30O4. The molecule has 0 heterocycles. The lowest BCUT2D eigenvalue weighted by Crippen LogP contribution is -2.14. The number of hydrogen-bond acceptors (Lipinski definition) is 2. The van der Waals surface area contributed by atoms with Gasteiger partial charge in [0.25, 0.3) is 0 Å². The number of rotatable bonds is 14.